The summed E-state index contributed by atoms with van der Waals surface area (Å²) in [6, 6.07) is 3.00. The highest BCUT2D eigenvalue weighted by molar-refractivity contribution is 7.91. The van der Waals surface area contributed by atoms with E-state index in [4.69, 9.17) is 11.6 Å². The number of halogens is 1. The number of amides is 1. The Labute approximate surface area is 115 Å². The third-order valence-corrected chi connectivity index (χ3v) is 6.64. The minimum atomic E-state index is -3.68. The average molecular weight is 309 g/mol. The zero-order chi connectivity index (χ0) is 13.6. The number of nitrogens with one attached hydrogen (secondary N) is 1. The van der Waals surface area contributed by atoms with Crippen LogP contribution in [0.3, 0.4) is 0 Å². The number of rotatable bonds is 2. The van der Waals surface area contributed by atoms with Crippen molar-refractivity contribution in [1.29, 1.82) is 0 Å². The molecule has 0 bridgehead atoms. The Morgan fingerprint density at radius 3 is 2.67 bits per heavy atom. The van der Waals surface area contributed by atoms with Crippen LogP contribution in [0.4, 0.5) is 0 Å². The summed E-state index contributed by atoms with van der Waals surface area (Å²) >= 11 is 6.76. The fraction of sp³-hybridized carbons (Fsp3) is 0.500. The minimum Gasteiger partial charge on any atom is -0.353 e. The Morgan fingerprint density at radius 2 is 2.11 bits per heavy atom. The van der Waals surface area contributed by atoms with Crippen molar-refractivity contribution in [3.63, 3.8) is 0 Å². The van der Waals surface area contributed by atoms with Crippen LogP contribution >= 0.6 is 22.9 Å². The van der Waals surface area contributed by atoms with Gasteiger partial charge in [0, 0.05) is 13.1 Å². The summed E-state index contributed by atoms with van der Waals surface area (Å²) < 4.78 is 26.7. The van der Waals surface area contributed by atoms with Crippen LogP contribution in [0.25, 0.3) is 0 Å². The van der Waals surface area contributed by atoms with Gasteiger partial charge in [0.2, 0.25) is 5.91 Å². The van der Waals surface area contributed by atoms with E-state index in [0.717, 1.165) is 11.3 Å². The van der Waals surface area contributed by atoms with Crippen molar-refractivity contribution in [3.05, 3.63) is 16.5 Å². The van der Waals surface area contributed by atoms with Gasteiger partial charge in [-0.05, 0) is 26.0 Å². The van der Waals surface area contributed by atoms with E-state index in [-0.39, 0.29) is 16.7 Å². The van der Waals surface area contributed by atoms with E-state index >= 15 is 0 Å². The Hall–Kier alpha value is -0.630. The molecule has 0 atom stereocenters. The maximum Gasteiger partial charge on any atom is 0.253 e. The summed E-state index contributed by atoms with van der Waals surface area (Å²) in [5, 5.41) is 2.66. The molecule has 0 spiro atoms. The quantitative estimate of drug-likeness (QED) is 0.895. The molecule has 8 heteroatoms. The van der Waals surface area contributed by atoms with E-state index < -0.39 is 15.6 Å². The number of carbonyl (C=O) groups is 1. The minimum absolute atomic E-state index is 0.162. The molecule has 0 saturated carbocycles. The van der Waals surface area contributed by atoms with Gasteiger partial charge in [-0.1, -0.05) is 11.6 Å². The number of hydrogen-bond acceptors (Lipinski definition) is 4. The van der Waals surface area contributed by atoms with Crippen molar-refractivity contribution in [2.24, 2.45) is 0 Å². The molecule has 2 rings (SSSR count). The molecule has 0 aliphatic carbocycles. The molecule has 1 aromatic rings. The molecular formula is C10H13ClN2O3S2. The van der Waals surface area contributed by atoms with Gasteiger partial charge in [-0.3, -0.25) is 4.79 Å². The van der Waals surface area contributed by atoms with Gasteiger partial charge in [0.1, 0.15) is 9.75 Å². The smallest absolute Gasteiger partial charge is 0.253 e. The van der Waals surface area contributed by atoms with Crippen molar-refractivity contribution in [2.75, 3.05) is 13.1 Å². The third kappa shape index (κ3) is 2.16. The summed E-state index contributed by atoms with van der Waals surface area (Å²) in [5.41, 5.74) is -1.09. The number of nitrogens with zero attached hydrogens (tertiary/aromatic N) is 1. The van der Waals surface area contributed by atoms with E-state index in [1.165, 1.54) is 16.4 Å². The van der Waals surface area contributed by atoms with Crippen LogP contribution in [0, 0.1) is 0 Å². The first-order chi connectivity index (χ1) is 8.26. The second kappa shape index (κ2) is 4.48. The van der Waals surface area contributed by atoms with E-state index in [1.54, 1.807) is 13.8 Å². The van der Waals surface area contributed by atoms with Crippen molar-refractivity contribution in [1.82, 2.24) is 9.62 Å². The molecule has 1 fully saturated rings. The topological polar surface area (TPSA) is 66.5 Å². The molecule has 2 heterocycles. The van der Waals surface area contributed by atoms with Gasteiger partial charge in [0.05, 0.1) is 4.34 Å². The molecule has 1 saturated heterocycles. The molecule has 1 N–H and O–H groups in total. The molecule has 1 amide bonds. The van der Waals surface area contributed by atoms with Gasteiger partial charge in [-0.2, -0.15) is 4.31 Å². The summed E-state index contributed by atoms with van der Waals surface area (Å²) in [5.74, 6) is -0.292. The first kappa shape index (κ1) is 13.8. The molecule has 0 aromatic carbocycles. The normalized spacial score (nSPS) is 20.7. The van der Waals surface area contributed by atoms with Crippen LogP contribution in [-0.4, -0.2) is 37.3 Å². The largest absolute Gasteiger partial charge is 0.353 e. The predicted molar refractivity (Wildman–Crippen MR) is 70.3 cm³/mol. The van der Waals surface area contributed by atoms with E-state index in [2.05, 4.69) is 5.32 Å². The number of carbonyl (C=O) groups excluding carboxylic acids is 1. The first-order valence-corrected chi connectivity index (χ1v) is 7.96. The maximum atomic E-state index is 12.5. The van der Waals surface area contributed by atoms with Gasteiger partial charge < -0.3 is 5.32 Å². The number of hydrogen-bond donors (Lipinski definition) is 1. The lowest BCUT2D eigenvalue weighted by molar-refractivity contribution is -0.131. The fourth-order valence-corrected chi connectivity index (χ4v) is 5.19. The van der Waals surface area contributed by atoms with Crippen molar-refractivity contribution in [3.8, 4) is 0 Å². The number of sulfonamides is 1. The van der Waals surface area contributed by atoms with E-state index in [1.807, 2.05) is 0 Å². The monoisotopic (exact) mass is 308 g/mol. The maximum absolute atomic E-state index is 12.5. The van der Waals surface area contributed by atoms with E-state index in [0.29, 0.717) is 10.9 Å². The lowest BCUT2D eigenvalue weighted by Gasteiger charge is -2.39. The number of thiophene rings is 1. The standard InChI is InChI=1S/C10H13ClN2O3S2/c1-10(2)9(14)12-5-6-13(10)18(15,16)8-4-3-7(11)17-8/h3-4H,5-6H2,1-2H3,(H,12,14). The first-order valence-electron chi connectivity index (χ1n) is 5.33. The van der Waals surface area contributed by atoms with Crippen LogP contribution < -0.4 is 5.32 Å². The molecule has 18 heavy (non-hydrogen) atoms. The van der Waals surface area contributed by atoms with Gasteiger partial charge in [0.25, 0.3) is 10.0 Å². The van der Waals surface area contributed by atoms with Crippen LogP contribution in [0.1, 0.15) is 13.8 Å². The molecule has 100 valence electrons. The lowest BCUT2D eigenvalue weighted by Crippen LogP contribution is -2.63. The summed E-state index contributed by atoms with van der Waals surface area (Å²) in [6.07, 6.45) is 0. The summed E-state index contributed by atoms with van der Waals surface area (Å²) in [6.45, 7) is 3.76. The highest BCUT2D eigenvalue weighted by Gasteiger charge is 2.45. The Morgan fingerprint density at radius 1 is 1.44 bits per heavy atom. The SMILES string of the molecule is CC1(C)C(=O)NCCN1S(=O)(=O)c1ccc(Cl)s1. The Kier molecular flexibility index (Phi) is 3.44. The molecule has 1 aliphatic rings. The second-order valence-corrected chi connectivity index (χ2v) is 8.25. The fourth-order valence-electron chi connectivity index (χ4n) is 1.85. The lowest BCUT2D eigenvalue weighted by atomic mass is 10.0. The second-order valence-electron chi connectivity index (χ2n) is 4.45. The van der Waals surface area contributed by atoms with Crippen molar-refractivity contribution < 1.29 is 13.2 Å². The molecule has 1 aromatic heterocycles. The van der Waals surface area contributed by atoms with Crippen molar-refractivity contribution in [2.45, 2.75) is 23.6 Å². The highest BCUT2D eigenvalue weighted by Crippen LogP contribution is 2.32. The van der Waals surface area contributed by atoms with E-state index in [9.17, 15) is 13.2 Å². The van der Waals surface area contributed by atoms with Crippen LogP contribution in [0.2, 0.25) is 4.34 Å². The molecule has 1 aliphatic heterocycles. The highest BCUT2D eigenvalue weighted by atomic mass is 35.5. The van der Waals surface area contributed by atoms with Crippen LogP contribution in [0.15, 0.2) is 16.3 Å². The molecule has 0 radical (unpaired) electrons. The summed E-state index contributed by atoms with van der Waals surface area (Å²) in [7, 11) is -3.68. The number of piperazine rings is 1. The predicted octanol–water partition coefficient (Wildman–Crippen LogP) is 1.30. The Bertz CT molecular complexity index is 580. The Balaban J connectivity index is 2.44. The molecular weight excluding hydrogens is 296 g/mol. The third-order valence-electron chi connectivity index (χ3n) is 2.87. The van der Waals surface area contributed by atoms with Gasteiger partial charge >= 0.3 is 0 Å². The zero-order valence-corrected chi connectivity index (χ0v) is 12.3. The van der Waals surface area contributed by atoms with Gasteiger partial charge in [-0.25, -0.2) is 8.42 Å². The van der Waals surface area contributed by atoms with Gasteiger partial charge in [0.15, 0.2) is 0 Å². The average Bonchev–Trinajstić information content (AvgIpc) is 2.69. The van der Waals surface area contributed by atoms with Crippen LogP contribution in [0.5, 0.6) is 0 Å². The molecule has 0 unspecified atom stereocenters. The molecule has 5 nitrogen and oxygen atoms in total. The van der Waals surface area contributed by atoms with Crippen molar-refractivity contribution >= 4 is 38.9 Å². The summed E-state index contributed by atoms with van der Waals surface area (Å²) in [4.78, 5) is 11.8. The van der Waals surface area contributed by atoms with Gasteiger partial charge in [-0.15, -0.1) is 11.3 Å². The zero-order valence-electron chi connectivity index (χ0n) is 9.94. The van der Waals surface area contributed by atoms with Crippen LogP contribution in [-0.2, 0) is 14.8 Å².